The van der Waals surface area contributed by atoms with Gasteiger partial charge in [0, 0.05) is 44.3 Å². The van der Waals surface area contributed by atoms with E-state index in [0.29, 0.717) is 30.0 Å². The number of hydrogen-bond donors (Lipinski definition) is 2. The Balaban J connectivity index is 1.64. The number of anilines is 1. The standard InChI is InChI=1S/C34H52N4O8S/c1-22-19-38(23(2)21-39)34(41)29-18-28(35-33(40)27-13-8-7-9-14-27)15-16-30(29)45-24(3)12-10-11-17-44-31(22)20-37(6)47(42,43)32-25(4)36-46-26(32)5/h15-16,18,22-24,27,31,39H,7-14,17,19-21H2,1-6H3,(H,35,40)/t22-,23+,24+,31-/m0/s1. The number of amides is 2. The number of likely N-dealkylation sites (N-methyl/N-ethyl adjacent to an activating group) is 1. The van der Waals surface area contributed by atoms with Crippen LogP contribution in [0.2, 0.25) is 0 Å². The lowest BCUT2D eigenvalue weighted by Gasteiger charge is -2.35. The van der Waals surface area contributed by atoms with Gasteiger partial charge in [0.25, 0.3) is 5.91 Å². The number of carbonyl (C=O) groups is 2. The number of benzene rings is 1. The molecule has 13 heteroatoms. The average Bonchev–Trinajstić information content (AvgIpc) is 3.40. The first-order chi connectivity index (χ1) is 22.3. The maximum absolute atomic E-state index is 14.4. The van der Waals surface area contributed by atoms with Crippen LogP contribution in [0, 0.1) is 25.7 Å². The van der Waals surface area contributed by atoms with E-state index in [0.717, 1.165) is 44.9 Å². The zero-order valence-corrected chi connectivity index (χ0v) is 29.5. The Kier molecular flexibility index (Phi) is 12.9. The zero-order valence-electron chi connectivity index (χ0n) is 28.7. The topological polar surface area (TPSA) is 152 Å². The molecule has 4 rings (SSSR count). The maximum Gasteiger partial charge on any atom is 0.258 e. The first kappa shape index (κ1) is 36.8. The van der Waals surface area contributed by atoms with Crippen LogP contribution >= 0.6 is 0 Å². The van der Waals surface area contributed by atoms with Crippen LogP contribution in [0.4, 0.5) is 5.69 Å². The van der Waals surface area contributed by atoms with Crippen LogP contribution in [0.3, 0.4) is 0 Å². The molecule has 4 atom stereocenters. The van der Waals surface area contributed by atoms with Gasteiger partial charge >= 0.3 is 0 Å². The van der Waals surface area contributed by atoms with Crippen molar-refractivity contribution in [3.8, 4) is 5.75 Å². The molecule has 1 aromatic heterocycles. The summed E-state index contributed by atoms with van der Waals surface area (Å²) in [5.41, 5.74) is 1.09. The van der Waals surface area contributed by atoms with Crippen molar-refractivity contribution in [1.82, 2.24) is 14.4 Å². The molecule has 2 heterocycles. The summed E-state index contributed by atoms with van der Waals surface area (Å²) in [5, 5.41) is 17.1. The van der Waals surface area contributed by atoms with Crippen molar-refractivity contribution < 1.29 is 37.1 Å². The number of aryl methyl sites for hydroxylation is 2. The van der Waals surface area contributed by atoms with E-state index in [-0.39, 0.29) is 65.8 Å². The van der Waals surface area contributed by atoms with Gasteiger partial charge in [0.1, 0.15) is 16.3 Å². The van der Waals surface area contributed by atoms with Gasteiger partial charge in [-0.3, -0.25) is 9.59 Å². The van der Waals surface area contributed by atoms with Gasteiger partial charge in [-0.25, -0.2) is 8.42 Å². The van der Waals surface area contributed by atoms with Crippen LogP contribution in [0.1, 0.15) is 93.9 Å². The molecule has 0 unspecified atom stereocenters. The Morgan fingerprint density at radius 2 is 1.83 bits per heavy atom. The van der Waals surface area contributed by atoms with Gasteiger partial charge < -0.3 is 29.3 Å². The third kappa shape index (κ3) is 9.13. The largest absolute Gasteiger partial charge is 0.490 e. The highest BCUT2D eigenvalue weighted by molar-refractivity contribution is 7.89. The fraction of sp³-hybridized carbons (Fsp3) is 0.676. The van der Waals surface area contributed by atoms with Crippen molar-refractivity contribution in [2.45, 2.75) is 109 Å². The monoisotopic (exact) mass is 676 g/mol. The molecule has 262 valence electrons. The Bertz CT molecular complexity index is 1450. The second kappa shape index (κ2) is 16.4. The number of fused-ring (bicyclic) bond motifs is 1. The van der Waals surface area contributed by atoms with Gasteiger partial charge in [-0.2, -0.15) is 4.31 Å². The molecule has 0 radical (unpaired) electrons. The Morgan fingerprint density at radius 1 is 1.13 bits per heavy atom. The van der Waals surface area contributed by atoms with E-state index in [9.17, 15) is 23.1 Å². The molecule has 1 aromatic carbocycles. The van der Waals surface area contributed by atoms with Crippen LogP contribution in [0.15, 0.2) is 27.6 Å². The van der Waals surface area contributed by atoms with E-state index in [2.05, 4.69) is 10.5 Å². The number of aliphatic hydroxyl groups is 1. The van der Waals surface area contributed by atoms with E-state index in [1.54, 1.807) is 43.9 Å². The minimum absolute atomic E-state index is 0.0382. The maximum atomic E-state index is 14.4. The third-order valence-corrected chi connectivity index (χ3v) is 11.4. The van der Waals surface area contributed by atoms with Crippen LogP contribution in [-0.2, 0) is 19.6 Å². The minimum atomic E-state index is -3.93. The number of ether oxygens (including phenoxy) is 2. The van der Waals surface area contributed by atoms with Gasteiger partial charge in [0.05, 0.1) is 30.4 Å². The van der Waals surface area contributed by atoms with Crippen LogP contribution in [-0.4, -0.2) is 91.3 Å². The van der Waals surface area contributed by atoms with E-state index in [1.165, 1.54) is 11.4 Å². The number of nitrogens with one attached hydrogen (secondary N) is 1. The molecule has 1 aliphatic heterocycles. The summed E-state index contributed by atoms with van der Waals surface area (Å²) in [6, 6.07) is 4.60. The molecule has 0 bridgehead atoms. The van der Waals surface area contributed by atoms with E-state index in [1.807, 2.05) is 13.8 Å². The number of carbonyl (C=O) groups excluding carboxylic acids is 2. The van der Waals surface area contributed by atoms with Crippen LogP contribution < -0.4 is 10.1 Å². The number of sulfonamides is 1. The predicted molar refractivity (Wildman–Crippen MR) is 178 cm³/mol. The molecule has 47 heavy (non-hydrogen) atoms. The summed E-state index contributed by atoms with van der Waals surface area (Å²) in [4.78, 5) is 29.1. The summed E-state index contributed by atoms with van der Waals surface area (Å²) in [7, 11) is -2.43. The molecule has 0 saturated heterocycles. The Hall–Kier alpha value is -3.00. The van der Waals surface area contributed by atoms with E-state index < -0.39 is 22.2 Å². The second-order valence-electron chi connectivity index (χ2n) is 13.3. The van der Waals surface area contributed by atoms with Crippen molar-refractivity contribution in [3.63, 3.8) is 0 Å². The summed E-state index contributed by atoms with van der Waals surface area (Å²) < 4.78 is 46.1. The Labute approximate surface area is 279 Å². The van der Waals surface area contributed by atoms with Crippen molar-refractivity contribution >= 4 is 27.5 Å². The number of aliphatic hydroxyl groups excluding tert-OH is 1. The molecule has 2 N–H and O–H groups in total. The van der Waals surface area contributed by atoms with Gasteiger partial charge in [-0.15, -0.1) is 0 Å². The lowest BCUT2D eigenvalue weighted by atomic mass is 9.88. The van der Waals surface area contributed by atoms with Gasteiger partial charge in [0.2, 0.25) is 15.9 Å². The zero-order chi connectivity index (χ0) is 34.3. The smallest absolute Gasteiger partial charge is 0.258 e. The van der Waals surface area contributed by atoms with Gasteiger partial charge in [-0.1, -0.05) is 31.3 Å². The first-order valence-corrected chi connectivity index (χ1v) is 18.3. The third-order valence-electron chi connectivity index (χ3n) is 9.37. The first-order valence-electron chi connectivity index (χ1n) is 16.9. The van der Waals surface area contributed by atoms with Crippen molar-refractivity contribution in [2.24, 2.45) is 11.8 Å². The van der Waals surface area contributed by atoms with Crippen LogP contribution in [0.25, 0.3) is 0 Å². The normalized spacial score (nSPS) is 23.1. The number of aromatic nitrogens is 1. The quantitative estimate of drug-likeness (QED) is 0.397. The lowest BCUT2D eigenvalue weighted by molar-refractivity contribution is -0.120. The molecule has 1 fully saturated rings. The molecule has 1 aliphatic carbocycles. The highest BCUT2D eigenvalue weighted by Gasteiger charge is 2.34. The number of rotatable bonds is 8. The average molecular weight is 677 g/mol. The Morgan fingerprint density at radius 3 is 2.49 bits per heavy atom. The lowest BCUT2D eigenvalue weighted by Crippen LogP contribution is -2.48. The SMILES string of the molecule is Cc1noc(C)c1S(=O)(=O)N(C)C[C@@H]1OCCCC[C@@H](C)Oc2ccc(NC(=O)C3CCCCC3)cc2C(=O)N([C@H](C)CO)C[C@@H]1C. The fourth-order valence-corrected chi connectivity index (χ4v) is 7.89. The summed E-state index contributed by atoms with van der Waals surface area (Å²) in [6.07, 6.45) is 6.43. The molecule has 1 saturated carbocycles. The predicted octanol–water partition coefficient (Wildman–Crippen LogP) is 4.93. The van der Waals surface area contributed by atoms with Crippen molar-refractivity contribution in [3.05, 3.63) is 35.2 Å². The fourth-order valence-electron chi connectivity index (χ4n) is 6.42. The van der Waals surface area contributed by atoms with Gasteiger partial charge in [0.15, 0.2) is 5.76 Å². The summed E-state index contributed by atoms with van der Waals surface area (Å²) in [5.74, 6) is -0.148. The van der Waals surface area contributed by atoms with E-state index >= 15 is 0 Å². The van der Waals surface area contributed by atoms with E-state index in [4.69, 9.17) is 14.0 Å². The summed E-state index contributed by atoms with van der Waals surface area (Å²) in [6.45, 7) is 9.12. The molecule has 2 aromatic rings. The molecular formula is C34H52N4O8S. The minimum Gasteiger partial charge on any atom is -0.490 e. The highest BCUT2D eigenvalue weighted by Crippen LogP contribution is 2.31. The highest BCUT2D eigenvalue weighted by atomic mass is 32.2. The second-order valence-corrected chi connectivity index (χ2v) is 15.3. The van der Waals surface area contributed by atoms with Gasteiger partial charge in [-0.05, 0) is 78.0 Å². The molecule has 0 spiro atoms. The number of hydrogen-bond acceptors (Lipinski definition) is 9. The number of nitrogens with zero attached hydrogens (tertiary/aromatic N) is 3. The van der Waals surface area contributed by atoms with Crippen molar-refractivity contribution in [1.29, 1.82) is 0 Å². The summed E-state index contributed by atoms with van der Waals surface area (Å²) >= 11 is 0. The van der Waals surface area contributed by atoms with Crippen molar-refractivity contribution in [2.75, 3.05) is 38.7 Å². The molecular weight excluding hydrogens is 624 g/mol. The molecule has 12 nitrogen and oxygen atoms in total. The molecule has 2 amide bonds. The van der Waals surface area contributed by atoms with Crippen LogP contribution in [0.5, 0.6) is 5.75 Å². The molecule has 2 aliphatic rings.